The minimum absolute atomic E-state index is 0.142. The molecule has 1 heterocycles. The van der Waals surface area contributed by atoms with Crippen molar-refractivity contribution in [2.24, 2.45) is 0 Å². The molecule has 0 bridgehead atoms. The Labute approximate surface area is 194 Å². The quantitative estimate of drug-likeness (QED) is 0.573. The van der Waals surface area contributed by atoms with Crippen LogP contribution in [0.1, 0.15) is 16.7 Å². The molecule has 1 aliphatic rings. The molecule has 1 amide bonds. The Kier molecular flexibility index (Phi) is 6.67. The molecule has 0 saturated heterocycles. The molecule has 1 aliphatic heterocycles. The molecule has 1 N–H and O–H groups in total. The van der Waals surface area contributed by atoms with Crippen LogP contribution in [0.25, 0.3) is 0 Å². The summed E-state index contributed by atoms with van der Waals surface area (Å²) in [5.74, 6) is 0.971. The number of nitrogens with one attached hydrogen (secondary N) is 1. The van der Waals surface area contributed by atoms with Crippen LogP contribution < -0.4 is 14.8 Å². The fourth-order valence-corrected chi connectivity index (χ4v) is 5.11. The highest BCUT2D eigenvalue weighted by molar-refractivity contribution is 7.89. The van der Waals surface area contributed by atoms with E-state index in [-0.39, 0.29) is 24.0 Å². The maximum Gasteiger partial charge on any atom is 0.262 e. The number of fused-ring (bicyclic) bond motifs is 1. The SMILES string of the molecule is COc1ccc(OCC(=O)Nc2ccc3c(c2)CN(S(=O)(=O)c2ccc(C)cc2)CC3)cc1. The summed E-state index contributed by atoms with van der Waals surface area (Å²) < 4.78 is 38.2. The van der Waals surface area contributed by atoms with Crippen LogP contribution in [0.15, 0.2) is 71.6 Å². The van der Waals surface area contributed by atoms with Gasteiger partial charge in [-0.3, -0.25) is 4.79 Å². The molecule has 8 heteroatoms. The number of methoxy groups -OCH3 is 1. The van der Waals surface area contributed by atoms with Gasteiger partial charge in [-0.1, -0.05) is 23.8 Å². The Morgan fingerprint density at radius 2 is 1.67 bits per heavy atom. The van der Waals surface area contributed by atoms with E-state index < -0.39 is 10.0 Å². The molecule has 0 unspecified atom stereocenters. The number of nitrogens with zero attached hydrogens (tertiary/aromatic N) is 1. The summed E-state index contributed by atoms with van der Waals surface area (Å²) in [5, 5.41) is 2.82. The second-order valence-electron chi connectivity index (χ2n) is 7.90. The van der Waals surface area contributed by atoms with Crippen LogP contribution in [0.5, 0.6) is 11.5 Å². The van der Waals surface area contributed by atoms with Crippen LogP contribution in [-0.2, 0) is 27.8 Å². The van der Waals surface area contributed by atoms with Crippen molar-refractivity contribution in [1.29, 1.82) is 0 Å². The number of hydrogen-bond acceptors (Lipinski definition) is 5. The highest BCUT2D eigenvalue weighted by Crippen LogP contribution is 2.27. The van der Waals surface area contributed by atoms with Gasteiger partial charge in [-0.25, -0.2) is 8.42 Å². The third-order valence-electron chi connectivity index (χ3n) is 5.56. The molecule has 0 aliphatic carbocycles. The van der Waals surface area contributed by atoms with Crippen molar-refractivity contribution in [1.82, 2.24) is 4.31 Å². The Balaban J connectivity index is 1.40. The van der Waals surface area contributed by atoms with Crippen molar-refractivity contribution >= 4 is 21.6 Å². The largest absolute Gasteiger partial charge is 0.497 e. The highest BCUT2D eigenvalue weighted by Gasteiger charge is 2.28. The molecule has 7 nitrogen and oxygen atoms in total. The van der Waals surface area contributed by atoms with Gasteiger partial charge in [-0.2, -0.15) is 4.31 Å². The third-order valence-corrected chi connectivity index (χ3v) is 7.41. The van der Waals surface area contributed by atoms with E-state index in [1.807, 2.05) is 25.1 Å². The van der Waals surface area contributed by atoms with Crippen molar-refractivity contribution < 1.29 is 22.7 Å². The second kappa shape index (κ2) is 9.64. The maximum atomic E-state index is 13.1. The summed E-state index contributed by atoms with van der Waals surface area (Å²) in [4.78, 5) is 12.6. The molecular weight excluding hydrogens is 440 g/mol. The number of hydrogen-bond donors (Lipinski definition) is 1. The van der Waals surface area contributed by atoms with Gasteiger partial charge in [0.1, 0.15) is 11.5 Å². The molecule has 172 valence electrons. The van der Waals surface area contributed by atoms with Gasteiger partial charge in [0.25, 0.3) is 5.91 Å². The first kappa shape index (κ1) is 22.8. The van der Waals surface area contributed by atoms with Crippen LogP contribution >= 0.6 is 0 Å². The molecular formula is C25H26N2O5S. The number of carbonyl (C=O) groups is 1. The molecule has 4 rings (SSSR count). The van der Waals surface area contributed by atoms with Gasteiger partial charge in [-0.05, 0) is 73.0 Å². The zero-order chi connectivity index (χ0) is 23.4. The number of benzene rings is 3. The Morgan fingerprint density at radius 3 is 2.36 bits per heavy atom. The fourth-order valence-electron chi connectivity index (χ4n) is 3.69. The molecule has 3 aromatic carbocycles. The van der Waals surface area contributed by atoms with Crippen LogP contribution in [0.3, 0.4) is 0 Å². The van der Waals surface area contributed by atoms with Gasteiger partial charge in [0, 0.05) is 18.8 Å². The van der Waals surface area contributed by atoms with E-state index in [9.17, 15) is 13.2 Å². The first-order valence-corrected chi connectivity index (χ1v) is 12.0. The van der Waals surface area contributed by atoms with E-state index >= 15 is 0 Å². The van der Waals surface area contributed by atoms with Crippen LogP contribution in [0, 0.1) is 6.92 Å². The van der Waals surface area contributed by atoms with Crippen LogP contribution in [0.4, 0.5) is 5.69 Å². The second-order valence-corrected chi connectivity index (χ2v) is 9.84. The Hall–Kier alpha value is -3.36. The van der Waals surface area contributed by atoms with Crippen molar-refractivity contribution in [3.8, 4) is 11.5 Å². The molecule has 0 radical (unpaired) electrons. The smallest absolute Gasteiger partial charge is 0.262 e. The van der Waals surface area contributed by atoms with Gasteiger partial charge in [0.15, 0.2) is 6.61 Å². The number of carbonyl (C=O) groups excluding carboxylic acids is 1. The van der Waals surface area contributed by atoms with Crippen molar-refractivity contribution in [2.45, 2.75) is 24.8 Å². The monoisotopic (exact) mass is 466 g/mol. The summed E-state index contributed by atoms with van der Waals surface area (Å²) in [6.07, 6.45) is 0.620. The van der Waals surface area contributed by atoms with E-state index in [1.54, 1.807) is 55.6 Å². The minimum Gasteiger partial charge on any atom is -0.497 e. The van der Waals surface area contributed by atoms with E-state index in [4.69, 9.17) is 9.47 Å². The number of rotatable bonds is 7. The van der Waals surface area contributed by atoms with Crippen molar-refractivity contribution in [3.05, 3.63) is 83.4 Å². The first-order valence-electron chi connectivity index (χ1n) is 10.6. The molecule has 0 spiro atoms. The third kappa shape index (κ3) is 5.35. The predicted octanol–water partition coefficient (Wildman–Crippen LogP) is 3.77. The van der Waals surface area contributed by atoms with Crippen LogP contribution in [-0.4, -0.2) is 38.9 Å². The highest BCUT2D eigenvalue weighted by atomic mass is 32.2. The molecule has 0 aromatic heterocycles. The normalized spacial score (nSPS) is 13.8. The van der Waals surface area contributed by atoms with Gasteiger partial charge in [-0.15, -0.1) is 0 Å². The predicted molar refractivity (Wildman–Crippen MR) is 126 cm³/mol. The first-order chi connectivity index (χ1) is 15.8. The lowest BCUT2D eigenvalue weighted by Crippen LogP contribution is -2.36. The van der Waals surface area contributed by atoms with Crippen molar-refractivity contribution in [3.63, 3.8) is 0 Å². The standard InChI is InChI=1S/C25H26N2O5S/c1-18-3-11-24(12-4-18)33(29,30)27-14-13-19-5-6-21(15-20(19)16-27)26-25(28)17-32-23-9-7-22(31-2)8-10-23/h3-12,15H,13-14,16-17H2,1-2H3,(H,26,28). The zero-order valence-corrected chi connectivity index (χ0v) is 19.4. The fraction of sp³-hybridized carbons (Fsp3) is 0.240. The lowest BCUT2D eigenvalue weighted by molar-refractivity contribution is -0.118. The van der Waals surface area contributed by atoms with Crippen LogP contribution in [0.2, 0.25) is 0 Å². The van der Waals surface area contributed by atoms with Crippen molar-refractivity contribution in [2.75, 3.05) is 25.6 Å². The molecule has 0 atom stereocenters. The topological polar surface area (TPSA) is 84.9 Å². The average Bonchev–Trinajstić information content (AvgIpc) is 2.83. The lowest BCUT2D eigenvalue weighted by Gasteiger charge is -2.28. The van der Waals surface area contributed by atoms with Gasteiger partial charge < -0.3 is 14.8 Å². The van der Waals surface area contributed by atoms with E-state index in [0.717, 1.165) is 16.7 Å². The number of anilines is 1. The minimum atomic E-state index is -3.58. The summed E-state index contributed by atoms with van der Waals surface area (Å²) in [5.41, 5.74) is 3.57. The number of sulfonamides is 1. The summed E-state index contributed by atoms with van der Waals surface area (Å²) in [7, 11) is -2.00. The van der Waals surface area contributed by atoms with E-state index in [1.165, 1.54) is 4.31 Å². The van der Waals surface area contributed by atoms with Gasteiger partial charge >= 0.3 is 0 Å². The van der Waals surface area contributed by atoms with Gasteiger partial charge in [0.2, 0.25) is 10.0 Å². The number of aryl methyl sites for hydroxylation is 1. The zero-order valence-electron chi connectivity index (χ0n) is 18.6. The summed E-state index contributed by atoms with van der Waals surface area (Å²) >= 11 is 0. The van der Waals surface area contributed by atoms with E-state index in [2.05, 4.69) is 5.32 Å². The maximum absolute atomic E-state index is 13.1. The summed E-state index contributed by atoms with van der Waals surface area (Å²) in [6.45, 7) is 2.46. The number of ether oxygens (including phenoxy) is 2. The van der Waals surface area contributed by atoms with Gasteiger partial charge in [0.05, 0.1) is 12.0 Å². The van der Waals surface area contributed by atoms with E-state index in [0.29, 0.717) is 30.2 Å². The molecule has 0 saturated carbocycles. The molecule has 0 fully saturated rings. The average molecular weight is 467 g/mol. The Morgan fingerprint density at radius 1 is 0.970 bits per heavy atom. The molecule has 3 aromatic rings. The molecule has 33 heavy (non-hydrogen) atoms. The number of amides is 1. The summed E-state index contributed by atoms with van der Waals surface area (Å²) in [6, 6.07) is 19.4. The lowest BCUT2D eigenvalue weighted by atomic mass is 10.0. The Bertz CT molecular complexity index is 1240.